The Balaban J connectivity index is 1.93. The normalized spacial score (nSPS) is 18.0. The van der Waals surface area contributed by atoms with Gasteiger partial charge in [-0.25, -0.2) is 13.5 Å². The summed E-state index contributed by atoms with van der Waals surface area (Å²) in [7, 11) is 0. The lowest BCUT2D eigenvalue weighted by Crippen LogP contribution is -2.48. The SMILES string of the molecule is Cc1cc(C(=O)N2CCCC2C(C)(C)O)nn1-c1ccc(F)cc1F. The topological polar surface area (TPSA) is 58.4 Å². The first-order chi connectivity index (χ1) is 11.7. The largest absolute Gasteiger partial charge is 0.388 e. The predicted octanol–water partition coefficient (Wildman–Crippen LogP) is 2.83. The van der Waals surface area contributed by atoms with Gasteiger partial charge < -0.3 is 10.0 Å². The van der Waals surface area contributed by atoms with E-state index in [4.69, 9.17) is 0 Å². The van der Waals surface area contributed by atoms with Gasteiger partial charge in [0.25, 0.3) is 5.91 Å². The van der Waals surface area contributed by atoms with Gasteiger partial charge in [-0.05, 0) is 51.8 Å². The molecule has 3 rings (SSSR count). The number of hydrogen-bond acceptors (Lipinski definition) is 3. The number of benzene rings is 1. The Bertz CT molecular complexity index is 811. The summed E-state index contributed by atoms with van der Waals surface area (Å²) in [5.41, 5.74) is -0.184. The molecule has 1 aromatic heterocycles. The average Bonchev–Trinajstić information content (AvgIpc) is 3.13. The van der Waals surface area contributed by atoms with Crippen LogP contribution in [-0.2, 0) is 0 Å². The van der Waals surface area contributed by atoms with Crippen molar-refractivity contribution in [3.63, 3.8) is 0 Å². The molecule has 1 aromatic carbocycles. The van der Waals surface area contributed by atoms with Crippen molar-refractivity contribution in [1.82, 2.24) is 14.7 Å². The van der Waals surface area contributed by atoms with Crippen LogP contribution in [0.15, 0.2) is 24.3 Å². The molecular weight excluding hydrogens is 328 g/mol. The Labute approximate surface area is 144 Å². The summed E-state index contributed by atoms with van der Waals surface area (Å²) in [6.45, 7) is 5.61. The van der Waals surface area contributed by atoms with Gasteiger partial charge in [0.15, 0.2) is 11.5 Å². The smallest absolute Gasteiger partial charge is 0.274 e. The third-order valence-corrected chi connectivity index (χ3v) is 4.57. The van der Waals surface area contributed by atoms with Crippen LogP contribution in [0.5, 0.6) is 0 Å². The number of carbonyl (C=O) groups is 1. The van der Waals surface area contributed by atoms with E-state index in [0.29, 0.717) is 12.2 Å². The Kier molecular flexibility index (Phi) is 4.36. The van der Waals surface area contributed by atoms with Crippen LogP contribution in [0.2, 0.25) is 0 Å². The van der Waals surface area contributed by atoms with E-state index in [1.165, 1.54) is 10.7 Å². The first kappa shape index (κ1) is 17.5. The number of aryl methyl sites for hydroxylation is 1. The van der Waals surface area contributed by atoms with Gasteiger partial charge in [-0.15, -0.1) is 0 Å². The molecule has 0 bridgehead atoms. The molecule has 5 nitrogen and oxygen atoms in total. The molecule has 1 amide bonds. The summed E-state index contributed by atoms with van der Waals surface area (Å²) in [6.07, 6.45) is 1.54. The molecule has 0 radical (unpaired) electrons. The maximum absolute atomic E-state index is 14.0. The summed E-state index contributed by atoms with van der Waals surface area (Å²) in [5.74, 6) is -1.72. The molecular formula is C18H21F2N3O2. The maximum atomic E-state index is 14.0. The first-order valence-corrected chi connectivity index (χ1v) is 8.24. The molecule has 7 heteroatoms. The average molecular weight is 349 g/mol. The van der Waals surface area contributed by atoms with Crippen LogP contribution in [0.25, 0.3) is 5.69 Å². The van der Waals surface area contributed by atoms with E-state index in [-0.39, 0.29) is 23.3 Å². The number of nitrogens with zero attached hydrogens (tertiary/aromatic N) is 3. The van der Waals surface area contributed by atoms with Crippen LogP contribution in [-0.4, -0.2) is 43.9 Å². The standard InChI is InChI=1S/C18H21F2N3O2/c1-11-9-14(17(24)22-8-4-5-16(22)18(2,3)25)21-23(11)15-7-6-12(19)10-13(15)20/h6-7,9-10,16,25H,4-5,8H2,1-3H3. The highest BCUT2D eigenvalue weighted by molar-refractivity contribution is 5.93. The molecule has 1 aliphatic heterocycles. The monoisotopic (exact) mass is 349 g/mol. The van der Waals surface area contributed by atoms with E-state index in [2.05, 4.69) is 5.10 Å². The zero-order valence-electron chi connectivity index (χ0n) is 14.5. The number of carbonyl (C=O) groups excluding carboxylic acids is 1. The van der Waals surface area contributed by atoms with Gasteiger partial charge in [-0.2, -0.15) is 5.10 Å². The third-order valence-electron chi connectivity index (χ3n) is 4.57. The molecule has 2 aromatic rings. The number of likely N-dealkylation sites (tertiary alicyclic amines) is 1. The molecule has 2 heterocycles. The van der Waals surface area contributed by atoms with Gasteiger partial charge in [-0.1, -0.05) is 0 Å². The predicted molar refractivity (Wildman–Crippen MR) is 88.6 cm³/mol. The second-order valence-electron chi connectivity index (χ2n) is 6.99. The highest BCUT2D eigenvalue weighted by atomic mass is 19.1. The molecule has 1 aliphatic rings. The van der Waals surface area contributed by atoms with Crippen molar-refractivity contribution in [3.8, 4) is 5.69 Å². The first-order valence-electron chi connectivity index (χ1n) is 8.24. The lowest BCUT2D eigenvalue weighted by Gasteiger charge is -2.33. The highest BCUT2D eigenvalue weighted by Gasteiger charge is 2.39. The van der Waals surface area contributed by atoms with Crippen molar-refractivity contribution in [2.24, 2.45) is 0 Å². The number of halogens is 2. The highest BCUT2D eigenvalue weighted by Crippen LogP contribution is 2.28. The van der Waals surface area contributed by atoms with Crippen LogP contribution in [0.4, 0.5) is 8.78 Å². The van der Waals surface area contributed by atoms with Crippen molar-refractivity contribution in [3.05, 3.63) is 47.3 Å². The maximum Gasteiger partial charge on any atom is 0.274 e. The Hall–Kier alpha value is -2.28. The van der Waals surface area contributed by atoms with Gasteiger partial charge in [0.05, 0.1) is 11.6 Å². The van der Waals surface area contributed by atoms with Gasteiger partial charge in [0, 0.05) is 18.3 Å². The number of hydrogen-bond donors (Lipinski definition) is 1. The van der Waals surface area contributed by atoms with Crippen molar-refractivity contribution >= 4 is 5.91 Å². The number of rotatable bonds is 3. The summed E-state index contributed by atoms with van der Waals surface area (Å²) in [4.78, 5) is 14.4. The molecule has 1 N–H and O–H groups in total. The van der Waals surface area contributed by atoms with Crippen molar-refractivity contribution < 1.29 is 18.7 Å². The van der Waals surface area contributed by atoms with E-state index < -0.39 is 17.2 Å². The number of aromatic nitrogens is 2. The minimum absolute atomic E-state index is 0.0819. The third kappa shape index (κ3) is 3.28. The summed E-state index contributed by atoms with van der Waals surface area (Å²) in [6, 6.07) is 4.50. The van der Waals surface area contributed by atoms with Crippen LogP contribution < -0.4 is 0 Å². The zero-order chi connectivity index (χ0) is 18.4. The van der Waals surface area contributed by atoms with Crippen molar-refractivity contribution in [2.75, 3.05) is 6.54 Å². The summed E-state index contributed by atoms with van der Waals surface area (Å²) < 4.78 is 28.4. The van der Waals surface area contributed by atoms with E-state index in [9.17, 15) is 18.7 Å². The van der Waals surface area contributed by atoms with Crippen LogP contribution in [0.3, 0.4) is 0 Å². The second kappa shape index (κ2) is 6.22. The molecule has 1 saturated heterocycles. The molecule has 0 aliphatic carbocycles. The van der Waals surface area contributed by atoms with Crippen LogP contribution in [0, 0.1) is 18.6 Å². The lowest BCUT2D eigenvalue weighted by molar-refractivity contribution is 0.000103. The lowest BCUT2D eigenvalue weighted by atomic mass is 9.96. The number of amides is 1. The van der Waals surface area contributed by atoms with Gasteiger partial charge in [-0.3, -0.25) is 4.79 Å². The number of aliphatic hydroxyl groups is 1. The van der Waals surface area contributed by atoms with Crippen LogP contribution in [0.1, 0.15) is 42.9 Å². The van der Waals surface area contributed by atoms with Gasteiger partial charge in [0.2, 0.25) is 0 Å². The van der Waals surface area contributed by atoms with Crippen molar-refractivity contribution in [1.29, 1.82) is 0 Å². The Morgan fingerprint density at radius 3 is 2.68 bits per heavy atom. The molecule has 1 unspecified atom stereocenters. The van der Waals surface area contributed by atoms with Crippen LogP contribution >= 0.6 is 0 Å². The van der Waals surface area contributed by atoms with Gasteiger partial charge in [0.1, 0.15) is 11.5 Å². The Morgan fingerprint density at radius 1 is 1.32 bits per heavy atom. The fourth-order valence-electron chi connectivity index (χ4n) is 3.37. The quantitative estimate of drug-likeness (QED) is 0.927. The van der Waals surface area contributed by atoms with Gasteiger partial charge >= 0.3 is 0 Å². The fraction of sp³-hybridized carbons (Fsp3) is 0.444. The molecule has 134 valence electrons. The van der Waals surface area contributed by atoms with Crippen molar-refractivity contribution in [2.45, 2.75) is 45.3 Å². The zero-order valence-corrected chi connectivity index (χ0v) is 14.5. The van der Waals surface area contributed by atoms with E-state index in [1.807, 2.05) is 0 Å². The van der Waals surface area contributed by atoms with E-state index >= 15 is 0 Å². The summed E-state index contributed by atoms with van der Waals surface area (Å²) >= 11 is 0. The molecule has 0 spiro atoms. The minimum atomic E-state index is -1.01. The molecule has 1 fully saturated rings. The Morgan fingerprint density at radius 2 is 2.04 bits per heavy atom. The molecule has 1 atom stereocenters. The molecule has 0 saturated carbocycles. The molecule has 25 heavy (non-hydrogen) atoms. The van der Waals surface area contributed by atoms with E-state index in [0.717, 1.165) is 25.0 Å². The second-order valence-corrected chi connectivity index (χ2v) is 6.99. The fourth-order valence-corrected chi connectivity index (χ4v) is 3.37. The van der Waals surface area contributed by atoms with E-state index in [1.54, 1.807) is 31.7 Å². The summed E-state index contributed by atoms with van der Waals surface area (Å²) in [5, 5.41) is 14.5. The minimum Gasteiger partial charge on any atom is -0.388 e.